The number of hydrogen-bond donors (Lipinski definition) is 0. The highest BCUT2D eigenvalue weighted by molar-refractivity contribution is 7.98. The van der Waals surface area contributed by atoms with Crippen LogP contribution in [0.3, 0.4) is 0 Å². The molecule has 0 N–H and O–H groups in total. The van der Waals surface area contributed by atoms with Gasteiger partial charge in [-0.1, -0.05) is 0 Å². The van der Waals surface area contributed by atoms with E-state index < -0.39 is 0 Å². The first-order valence-electron chi connectivity index (χ1n) is 6.28. The molecule has 0 amide bonds. The van der Waals surface area contributed by atoms with Gasteiger partial charge in [0.1, 0.15) is 0 Å². The number of hydrogen-bond acceptors (Lipinski definition) is 3. The summed E-state index contributed by atoms with van der Waals surface area (Å²) >= 11 is 1.98. The molecule has 0 aromatic rings. The van der Waals surface area contributed by atoms with E-state index in [1.165, 1.54) is 51.2 Å². The van der Waals surface area contributed by atoms with Crippen LogP contribution in [0.4, 0.5) is 0 Å². The number of fused-ring (bicyclic) bond motifs is 1. The van der Waals surface area contributed by atoms with E-state index in [4.69, 9.17) is 0 Å². The van der Waals surface area contributed by atoms with Crippen molar-refractivity contribution in [2.75, 3.05) is 38.2 Å². The fourth-order valence-electron chi connectivity index (χ4n) is 2.98. The van der Waals surface area contributed by atoms with Crippen molar-refractivity contribution >= 4 is 11.8 Å². The summed E-state index contributed by atoms with van der Waals surface area (Å²) < 4.78 is 0. The van der Waals surface area contributed by atoms with E-state index in [0.29, 0.717) is 0 Å². The van der Waals surface area contributed by atoms with E-state index in [1.807, 2.05) is 11.8 Å². The molecule has 0 spiro atoms. The summed E-state index contributed by atoms with van der Waals surface area (Å²) in [5.74, 6) is 1.28. The summed E-state index contributed by atoms with van der Waals surface area (Å²) in [4.78, 5) is 5.43. The van der Waals surface area contributed by atoms with Crippen molar-refractivity contribution in [3.8, 4) is 0 Å². The van der Waals surface area contributed by atoms with Gasteiger partial charge in [0.2, 0.25) is 0 Å². The van der Waals surface area contributed by atoms with Gasteiger partial charge in [-0.05, 0) is 52.1 Å². The fraction of sp³-hybridized carbons (Fsp3) is 1.00. The predicted octanol–water partition coefficient (Wildman–Crippen LogP) is 1.91. The van der Waals surface area contributed by atoms with Gasteiger partial charge in [-0.2, -0.15) is 11.8 Å². The smallest absolute Gasteiger partial charge is 0.0223 e. The van der Waals surface area contributed by atoms with E-state index in [1.54, 1.807) is 0 Å². The Bertz CT molecular complexity index is 198. The molecule has 2 heterocycles. The van der Waals surface area contributed by atoms with Crippen molar-refractivity contribution in [1.82, 2.24) is 9.80 Å². The highest BCUT2D eigenvalue weighted by atomic mass is 32.2. The third-order valence-electron chi connectivity index (χ3n) is 3.87. The zero-order valence-corrected chi connectivity index (χ0v) is 10.9. The molecule has 2 unspecified atom stereocenters. The van der Waals surface area contributed by atoms with E-state index in [0.717, 1.165) is 12.1 Å². The Morgan fingerprint density at radius 3 is 2.87 bits per heavy atom. The zero-order valence-electron chi connectivity index (χ0n) is 10.1. The SMILES string of the molecule is CSCC(C)N1CCCN2CCCC2C1. The Balaban J connectivity index is 1.90. The first-order chi connectivity index (χ1) is 7.31. The summed E-state index contributed by atoms with van der Waals surface area (Å²) in [5.41, 5.74) is 0. The van der Waals surface area contributed by atoms with Crippen LogP contribution in [0.1, 0.15) is 26.2 Å². The molecule has 0 aliphatic carbocycles. The maximum Gasteiger partial charge on any atom is 0.0223 e. The van der Waals surface area contributed by atoms with Crippen molar-refractivity contribution in [1.29, 1.82) is 0 Å². The van der Waals surface area contributed by atoms with Gasteiger partial charge in [0.05, 0.1) is 0 Å². The van der Waals surface area contributed by atoms with Gasteiger partial charge in [0.25, 0.3) is 0 Å². The summed E-state index contributed by atoms with van der Waals surface area (Å²) in [7, 11) is 0. The minimum atomic E-state index is 0.764. The molecule has 0 aromatic heterocycles. The van der Waals surface area contributed by atoms with Crippen LogP contribution in [-0.2, 0) is 0 Å². The largest absolute Gasteiger partial charge is 0.299 e. The number of rotatable bonds is 3. The second kappa shape index (κ2) is 5.55. The number of nitrogens with zero attached hydrogens (tertiary/aromatic N) is 2. The molecule has 3 heteroatoms. The standard InChI is InChI=1S/C12H24N2S/c1-11(10-15-2)14-8-4-7-13-6-3-5-12(13)9-14/h11-12H,3-10H2,1-2H3. The van der Waals surface area contributed by atoms with Crippen LogP contribution in [0.15, 0.2) is 0 Å². The Kier molecular flexibility index (Phi) is 4.35. The van der Waals surface area contributed by atoms with Crippen LogP contribution < -0.4 is 0 Å². The molecule has 2 atom stereocenters. The second-order valence-electron chi connectivity index (χ2n) is 4.98. The topological polar surface area (TPSA) is 6.48 Å². The van der Waals surface area contributed by atoms with Gasteiger partial charge in [-0.15, -0.1) is 0 Å². The molecule has 2 nitrogen and oxygen atoms in total. The third kappa shape index (κ3) is 2.89. The molecule has 0 aromatic carbocycles. The molecular weight excluding hydrogens is 204 g/mol. The second-order valence-corrected chi connectivity index (χ2v) is 5.90. The molecule has 88 valence electrons. The van der Waals surface area contributed by atoms with Crippen LogP contribution in [0, 0.1) is 0 Å². The van der Waals surface area contributed by atoms with Crippen molar-refractivity contribution in [2.24, 2.45) is 0 Å². The Morgan fingerprint density at radius 1 is 1.27 bits per heavy atom. The quantitative estimate of drug-likeness (QED) is 0.728. The van der Waals surface area contributed by atoms with Gasteiger partial charge in [0, 0.05) is 24.4 Å². The van der Waals surface area contributed by atoms with Gasteiger partial charge in [-0.3, -0.25) is 9.80 Å². The van der Waals surface area contributed by atoms with Crippen LogP contribution in [-0.4, -0.2) is 60.1 Å². The minimum Gasteiger partial charge on any atom is -0.299 e. The normalized spacial score (nSPS) is 31.2. The lowest BCUT2D eigenvalue weighted by Crippen LogP contribution is -2.41. The van der Waals surface area contributed by atoms with Gasteiger partial charge < -0.3 is 0 Å². The maximum atomic E-state index is 2.71. The Morgan fingerprint density at radius 2 is 2.07 bits per heavy atom. The lowest BCUT2D eigenvalue weighted by molar-refractivity contribution is 0.192. The van der Waals surface area contributed by atoms with Gasteiger partial charge in [-0.25, -0.2) is 0 Å². The van der Waals surface area contributed by atoms with Crippen molar-refractivity contribution < 1.29 is 0 Å². The summed E-state index contributed by atoms with van der Waals surface area (Å²) in [6, 6.07) is 1.64. The molecule has 2 rings (SSSR count). The van der Waals surface area contributed by atoms with Crippen LogP contribution in [0.2, 0.25) is 0 Å². The van der Waals surface area contributed by atoms with Crippen LogP contribution in [0.5, 0.6) is 0 Å². The fourth-order valence-corrected chi connectivity index (χ4v) is 3.68. The molecule has 0 saturated carbocycles. The molecule has 2 saturated heterocycles. The zero-order chi connectivity index (χ0) is 10.7. The highest BCUT2D eigenvalue weighted by Crippen LogP contribution is 2.22. The first kappa shape index (κ1) is 11.7. The van der Waals surface area contributed by atoms with Gasteiger partial charge >= 0.3 is 0 Å². The first-order valence-corrected chi connectivity index (χ1v) is 7.67. The molecule has 2 fully saturated rings. The van der Waals surface area contributed by atoms with E-state index in [2.05, 4.69) is 23.0 Å². The molecule has 0 bridgehead atoms. The summed E-state index contributed by atoms with van der Waals surface area (Å²) in [5, 5.41) is 0. The number of thioether (sulfide) groups is 1. The lowest BCUT2D eigenvalue weighted by atomic mass is 10.2. The van der Waals surface area contributed by atoms with E-state index in [9.17, 15) is 0 Å². The van der Waals surface area contributed by atoms with Gasteiger partial charge in [0.15, 0.2) is 0 Å². The molecule has 2 aliphatic heterocycles. The van der Waals surface area contributed by atoms with E-state index in [-0.39, 0.29) is 0 Å². The van der Waals surface area contributed by atoms with Crippen LogP contribution >= 0.6 is 11.8 Å². The summed E-state index contributed by atoms with van der Waals surface area (Å²) in [6.45, 7) is 7.72. The van der Waals surface area contributed by atoms with Crippen molar-refractivity contribution in [2.45, 2.75) is 38.3 Å². The van der Waals surface area contributed by atoms with E-state index >= 15 is 0 Å². The summed E-state index contributed by atoms with van der Waals surface area (Å²) in [6.07, 6.45) is 6.45. The molecule has 0 radical (unpaired) electrons. The lowest BCUT2D eigenvalue weighted by Gasteiger charge is -2.30. The highest BCUT2D eigenvalue weighted by Gasteiger charge is 2.29. The Labute approximate surface area is 98.4 Å². The molecular formula is C12H24N2S. The van der Waals surface area contributed by atoms with Crippen molar-refractivity contribution in [3.05, 3.63) is 0 Å². The third-order valence-corrected chi connectivity index (χ3v) is 4.68. The Hall–Kier alpha value is 0.270. The molecule has 15 heavy (non-hydrogen) atoms. The predicted molar refractivity (Wildman–Crippen MR) is 68.6 cm³/mol. The maximum absolute atomic E-state index is 2.71. The minimum absolute atomic E-state index is 0.764. The molecule has 2 aliphatic rings. The van der Waals surface area contributed by atoms with Crippen LogP contribution in [0.25, 0.3) is 0 Å². The monoisotopic (exact) mass is 228 g/mol. The average molecular weight is 228 g/mol. The van der Waals surface area contributed by atoms with Crippen molar-refractivity contribution in [3.63, 3.8) is 0 Å². The average Bonchev–Trinajstić information content (AvgIpc) is 2.56.